The third-order valence-electron chi connectivity index (χ3n) is 3.93. The lowest BCUT2D eigenvalue weighted by atomic mass is 9.98. The van der Waals surface area contributed by atoms with Crippen molar-refractivity contribution in [2.24, 2.45) is 0 Å². The van der Waals surface area contributed by atoms with E-state index in [0.717, 1.165) is 19.3 Å². The Morgan fingerprint density at radius 2 is 1.50 bits per heavy atom. The zero-order valence-electron chi connectivity index (χ0n) is 12.7. The fourth-order valence-electron chi connectivity index (χ4n) is 2.39. The highest BCUT2D eigenvalue weighted by molar-refractivity contribution is 5.30. The standard InChI is InChI=1S/C19H24O/c1-14-4-7-17(8-5-14)10-11-19(20)13-18-9-6-15(2)16(3)12-18/h4-9,12,19-20H,10-11,13H2,1-3H3. The van der Waals surface area contributed by atoms with Crippen LogP contribution in [0.25, 0.3) is 0 Å². The molecular formula is C19H24O. The molecule has 0 aliphatic carbocycles. The maximum Gasteiger partial charge on any atom is 0.0583 e. The number of aliphatic hydroxyl groups is 1. The van der Waals surface area contributed by atoms with Crippen LogP contribution in [-0.2, 0) is 12.8 Å². The Balaban J connectivity index is 1.87. The monoisotopic (exact) mass is 268 g/mol. The second kappa shape index (κ2) is 6.71. The van der Waals surface area contributed by atoms with Crippen LogP contribution in [0.1, 0.15) is 34.2 Å². The molecule has 0 aromatic heterocycles. The van der Waals surface area contributed by atoms with E-state index in [4.69, 9.17) is 0 Å². The van der Waals surface area contributed by atoms with Gasteiger partial charge in [-0.1, -0.05) is 48.0 Å². The van der Waals surface area contributed by atoms with Crippen LogP contribution in [0.4, 0.5) is 0 Å². The van der Waals surface area contributed by atoms with Gasteiger partial charge in [0.05, 0.1) is 6.10 Å². The molecule has 1 atom stereocenters. The van der Waals surface area contributed by atoms with E-state index in [1.54, 1.807) is 0 Å². The minimum Gasteiger partial charge on any atom is -0.393 e. The number of hydrogen-bond donors (Lipinski definition) is 1. The van der Waals surface area contributed by atoms with Gasteiger partial charge in [0.25, 0.3) is 0 Å². The number of aliphatic hydroxyl groups excluding tert-OH is 1. The predicted molar refractivity (Wildman–Crippen MR) is 85.1 cm³/mol. The highest BCUT2D eigenvalue weighted by atomic mass is 16.3. The van der Waals surface area contributed by atoms with E-state index in [0.29, 0.717) is 0 Å². The summed E-state index contributed by atoms with van der Waals surface area (Å²) in [5.41, 5.74) is 6.42. The van der Waals surface area contributed by atoms with Gasteiger partial charge < -0.3 is 5.11 Å². The highest BCUT2D eigenvalue weighted by Crippen LogP contribution is 2.14. The third kappa shape index (κ3) is 4.21. The van der Waals surface area contributed by atoms with Crippen molar-refractivity contribution in [2.75, 3.05) is 0 Å². The zero-order valence-corrected chi connectivity index (χ0v) is 12.7. The van der Waals surface area contributed by atoms with Crippen molar-refractivity contribution in [2.45, 2.75) is 46.1 Å². The van der Waals surface area contributed by atoms with E-state index in [2.05, 4.69) is 63.2 Å². The van der Waals surface area contributed by atoms with Gasteiger partial charge in [0.15, 0.2) is 0 Å². The molecule has 0 fully saturated rings. The number of aryl methyl sites for hydroxylation is 4. The molecule has 0 amide bonds. The van der Waals surface area contributed by atoms with Crippen molar-refractivity contribution < 1.29 is 5.11 Å². The first-order valence-corrected chi connectivity index (χ1v) is 7.34. The molecule has 0 spiro atoms. The minimum atomic E-state index is -0.265. The molecule has 1 nitrogen and oxygen atoms in total. The fraction of sp³-hybridized carbons (Fsp3) is 0.368. The Labute approximate surface area is 122 Å². The lowest BCUT2D eigenvalue weighted by Gasteiger charge is -2.12. The first-order valence-electron chi connectivity index (χ1n) is 7.34. The van der Waals surface area contributed by atoms with Crippen molar-refractivity contribution in [3.05, 3.63) is 70.3 Å². The van der Waals surface area contributed by atoms with Crippen LogP contribution in [-0.4, -0.2) is 11.2 Å². The van der Waals surface area contributed by atoms with Gasteiger partial charge in [-0.15, -0.1) is 0 Å². The first kappa shape index (κ1) is 14.8. The summed E-state index contributed by atoms with van der Waals surface area (Å²) >= 11 is 0. The molecule has 0 aliphatic rings. The molecule has 0 heterocycles. The van der Waals surface area contributed by atoms with Crippen molar-refractivity contribution in [1.82, 2.24) is 0 Å². The average molecular weight is 268 g/mol. The van der Waals surface area contributed by atoms with Crippen LogP contribution < -0.4 is 0 Å². The second-order valence-corrected chi connectivity index (χ2v) is 5.80. The average Bonchev–Trinajstić information content (AvgIpc) is 2.42. The summed E-state index contributed by atoms with van der Waals surface area (Å²) in [6.07, 6.45) is 2.23. The largest absolute Gasteiger partial charge is 0.393 e. The van der Waals surface area contributed by atoms with E-state index in [9.17, 15) is 5.11 Å². The predicted octanol–water partition coefficient (Wildman–Crippen LogP) is 4.15. The Morgan fingerprint density at radius 1 is 0.850 bits per heavy atom. The van der Waals surface area contributed by atoms with Crippen LogP contribution in [0, 0.1) is 20.8 Å². The summed E-state index contributed by atoms with van der Waals surface area (Å²) < 4.78 is 0. The minimum absolute atomic E-state index is 0.265. The van der Waals surface area contributed by atoms with E-state index in [-0.39, 0.29) is 6.10 Å². The summed E-state index contributed by atoms with van der Waals surface area (Å²) in [6.45, 7) is 6.34. The Morgan fingerprint density at radius 3 is 2.15 bits per heavy atom. The summed E-state index contributed by atoms with van der Waals surface area (Å²) in [4.78, 5) is 0. The SMILES string of the molecule is Cc1ccc(CCC(O)Cc2ccc(C)c(C)c2)cc1. The normalized spacial score (nSPS) is 12.4. The van der Waals surface area contributed by atoms with Gasteiger partial charge in [0.1, 0.15) is 0 Å². The topological polar surface area (TPSA) is 20.2 Å². The van der Waals surface area contributed by atoms with Gasteiger partial charge in [0, 0.05) is 0 Å². The molecule has 1 heteroatoms. The number of benzene rings is 2. The van der Waals surface area contributed by atoms with Gasteiger partial charge in [0.2, 0.25) is 0 Å². The van der Waals surface area contributed by atoms with E-state index in [1.807, 2.05) is 0 Å². The summed E-state index contributed by atoms with van der Waals surface area (Å²) in [6, 6.07) is 15.0. The van der Waals surface area contributed by atoms with Crippen molar-refractivity contribution in [3.8, 4) is 0 Å². The van der Waals surface area contributed by atoms with Gasteiger partial charge in [-0.05, 0) is 62.3 Å². The summed E-state index contributed by atoms with van der Waals surface area (Å²) in [5, 5.41) is 10.2. The molecule has 2 aromatic rings. The Bertz CT molecular complexity index is 554. The van der Waals surface area contributed by atoms with Crippen LogP contribution in [0.5, 0.6) is 0 Å². The second-order valence-electron chi connectivity index (χ2n) is 5.80. The molecule has 1 unspecified atom stereocenters. The first-order chi connectivity index (χ1) is 9.54. The molecule has 0 saturated heterocycles. The lowest BCUT2D eigenvalue weighted by molar-refractivity contribution is 0.165. The van der Waals surface area contributed by atoms with Gasteiger partial charge in [-0.2, -0.15) is 0 Å². The lowest BCUT2D eigenvalue weighted by Crippen LogP contribution is -2.11. The fourth-order valence-corrected chi connectivity index (χ4v) is 2.39. The summed E-state index contributed by atoms with van der Waals surface area (Å²) in [7, 11) is 0. The Hall–Kier alpha value is -1.60. The maximum atomic E-state index is 10.2. The molecular weight excluding hydrogens is 244 g/mol. The molecule has 0 bridgehead atoms. The van der Waals surface area contributed by atoms with Crippen molar-refractivity contribution in [3.63, 3.8) is 0 Å². The molecule has 2 rings (SSSR count). The van der Waals surface area contributed by atoms with Crippen LogP contribution in [0.3, 0.4) is 0 Å². The molecule has 106 valence electrons. The third-order valence-corrected chi connectivity index (χ3v) is 3.93. The van der Waals surface area contributed by atoms with Gasteiger partial charge >= 0.3 is 0 Å². The van der Waals surface area contributed by atoms with E-state index in [1.165, 1.54) is 27.8 Å². The van der Waals surface area contributed by atoms with Crippen molar-refractivity contribution in [1.29, 1.82) is 0 Å². The van der Waals surface area contributed by atoms with E-state index >= 15 is 0 Å². The quantitative estimate of drug-likeness (QED) is 0.863. The van der Waals surface area contributed by atoms with Crippen LogP contribution >= 0.6 is 0 Å². The molecule has 1 N–H and O–H groups in total. The molecule has 0 saturated carbocycles. The van der Waals surface area contributed by atoms with Gasteiger partial charge in [-0.25, -0.2) is 0 Å². The maximum absolute atomic E-state index is 10.2. The van der Waals surface area contributed by atoms with E-state index < -0.39 is 0 Å². The summed E-state index contributed by atoms with van der Waals surface area (Å²) in [5.74, 6) is 0. The van der Waals surface area contributed by atoms with Gasteiger partial charge in [-0.3, -0.25) is 0 Å². The van der Waals surface area contributed by atoms with Crippen LogP contribution in [0.2, 0.25) is 0 Å². The zero-order chi connectivity index (χ0) is 14.5. The Kier molecular flexibility index (Phi) is 4.97. The molecule has 20 heavy (non-hydrogen) atoms. The number of rotatable bonds is 5. The molecule has 0 aliphatic heterocycles. The molecule has 0 radical (unpaired) electrons. The van der Waals surface area contributed by atoms with Crippen LogP contribution in [0.15, 0.2) is 42.5 Å². The van der Waals surface area contributed by atoms with Crippen molar-refractivity contribution >= 4 is 0 Å². The molecule has 2 aromatic carbocycles. The smallest absolute Gasteiger partial charge is 0.0583 e. The highest BCUT2D eigenvalue weighted by Gasteiger charge is 2.07. The number of hydrogen-bond acceptors (Lipinski definition) is 1.